The summed E-state index contributed by atoms with van der Waals surface area (Å²) in [5.41, 5.74) is 3.43. The first-order valence-electron chi connectivity index (χ1n) is 8.86. The Bertz CT molecular complexity index is 980. The van der Waals surface area contributed by atoms with E-state index in [9.17, 15) is 15.0 Å². The van der Waals surface area contributed by atoms with E-state index in [0.29, 0.717) is 11.3 Å². The van der Waals surface area contributed by atoms with Crippen molar-refractivity contribution in [3.05, 3.63) is 71.0 Å². The van der Waals surface area contributed by atoms with Gasteiger partial charge in [0.05, 0.1) is 25.1 Å². The molecule has 3 N–H and O–H groups in total. The van der Waals surface area contributed by atoms with Crippen LogP contribution in [-0.2, 0) is 0 Å². The summed E-state index contributed by atoms with van der Waals surface area (Å²) >= 11 is 0. The van der Waals surface area contributed by atoms with E-state index < -0.39 is 12.0 Å². The van der Waals surface area contributed by atoms with Gasteiger partial charge in [0.25, 0.3) is 5.91 Å². The Morgan fingerprint density at radius 2 is 1.93 bits per heavy atom. The van der Waals surface area contributed by atoms with Gasteiger partial charge in [0, 0.05) is 6.54 Å². The molecule has 7 nitrogen and oxygen atoms in total. The minimum absolute atomic E-state index is 0.0130. The number of methoxy groups -OCH3 is 1. The second-order valence-corrected chi connectivity index (χ2v) is 6.53. The predicted molar refractivity (Wildman–Crippen MR) is 105 cm³/mol. The molecule has 0 radical (unpaired) electrons. The summed E-state index contributed by atoms with van der Waals surface area (Å²) in [5, 5.41) is 27.2. The first-order chi connectivity index (χ1) is 13.4. The third-order valence-electron chi connectivity index (χ3n) is 4.69. The monoisotopic (exact) mass is 381 g/mol. The molecule has 3 rings (SSSR count). The van der Waals surface area contributed by atoms with E-state index in [1.807, 2.05) is 32.0 Å². The van der Waals surface area contributed by atoms with Crippen LogP contribution in [0.1, 0.15) is 33.3 Å². The number of rotatable bonds is 6. The fraction of sp³-hybridized carbons (Fsp3) is 0.238. The summed E-state index contributed by atoms with van der Waals surface area (Å²) in [4.78, 5) is 12.4. The second kappa shape index (κ2) is 8.14. The molecule has 0 aliphatic rings. The second-order valence-electron chi connectivity index (χ2n) is 6.53. The SMILES string of the molecule is COc1ccc([C@H](O)CNC(=O)c2nn(-c3cccc(C)c3C)cc2O)cc1. The molecule has 146 valence electrons. The molecule has 0 bridgehead atoms. The lowest BCUT2D eigenvalue weighted by Gasteiger charge is -2.12. The van der Waals surface area contributed by atoms with Crippen LogP contribution in [-0.4, -0.2) is 39.6 Å². The van der Waals surface area contributed by atoms with Gasteiger partial charge >= 0.3 is 0 Å². The maximum absolute atomic E-state index is 12.4. The molecule has 1 aromatic heterocycles. The van der Waals surface area contributed by atoms with Crippen molar-refractivity contribution in [1.82, 2.24) is 15.1 Å². The van der Waals surface area contributed by atoms with Gasteiger partial charge in [-0.15, -0.1) is 0 Å². The Morgan fingerprint density at radius 1 is 1.21 bits per heavy atom. The summed E-state index contributed by atoms with van der Waals surface area (Å²) in [7, 11) is 1.56. The molecule has 0 aliphatic heterocycles. The summed E-state index contributed by atoms with van der Waals surface area (Å²) in [6.45, 7) is 3.92. The van der Waals surface area contributed by atoms with E-state index >= 15 is 0 Å². The molecule has 0 saturated heterocycles. The van der Waals surface area contributed by atoms with E-state index in [-0.39, 0.29) is 18.0 Å². The quantitative estimate of drug-likeness (QED) is 0.610. The van der Waals surface area contributed by atoms with Gasteiger partial charge in [-0.1, -0.05) is 24.3 Å². The van der Waals surface area contributed by atoms with Crippen molar-refractivity contribution in [1.29, 1.82) is 0 Å². The lowest BCUT2D eigenvalue weighted by atomic mass is 10.1. The normalized spacial score (nSPS) is 11.9. The van der Waals surface area contributed by atoms with Crippen LogP contribution in [0.3, 0.4) is 0 Å². The van der Waals surface area contributed by atoms with Crippen molar-refractivity contribution < 1.29 is 19.7 Å². The third kappa shape index (κ3) is 3.99. The molecule has 1 atom stereocenters. The van der Waals surface area contributed by atoms with Gasteiger partial charge in [0.15, 0.2) is 11.4 Å². The van der Waals surface area contributed by atoms with Crippen LogP contribution in [0.15, 0.2) is 48.7 Å². The number of aromatic hydroxyl groups is 1. The number of ether oxygens (including phenoxy) is 1. The number of amides is 1. The molecule has 28 heavy (non-hydrogen) atoms. The first-order valence-corrected chi connectivity index (χ1v) is 8.86. The minimum atomic E-state index is -0.891. The molecule has 1 amide bonds. The number of aliphatic hydroxyl groups is 1. The molecular weight excluding hydrogens is 358 g/mol. The molecular formula is C21H23N3O4. The van der Waals surface area contributed by atoms with Gasteiger partial charge in [-0.25, -0.2) is 4.68 Å². The number of benzene rings is 2. The highest BCUT2D eigenvalue weighted by Gasteiger charge is 2.19. The zero-order valence-electron chi connectivity index (χ0n) is 16.0. The zero-order chi connectivity index (χ0) is 20.3. The number of aliphatic hydroxyl groups excluding tert-OH is 1. The van der Waals surface area contributed by atoms with Gasteiger partial charge in [-0.3, -0.25) is 4.79 Å². The number of nitrogens with zero attached hydrogens (tertiary/aromatic N) is 2. The zero-order valence-corrected chi connectivity index (χ0v) is 16.0. The van der Waals surface area contributed by atoms with Crippen molar-refractivity contribution in [3.63, 3.8) is 0 Å². The predicted octanol–water partition coefficient (Wildman–Crippen LogP) is 2.67. The van der Waals surface area contributed by atoms with Crippen molar-refractivity contribution in [2.75, 3.05) is 13.7 Å². The van der Waals surface area contributed by atoms with Gasteiger partial charge < -0.3 is 20.3 Å². The van der Waals surface area contributed by atoms with Crippen LogP contribution < -0.4 is 10.1 Å². The largest absolute Gasteiger partial charge is 0.504 e. The van der Waals surface area contributed by atoms with E-state index in [4.69, 9.17) is 4.74 Å². The molecule has 0 saturated carbocycles. The lowest BCUT2D eigenvalue weighted by molar-refractivity contribution is 0.0908. The Morgan fingerprint density at radius 3 is 2.61 bits per heavy atom. The van der Waals surface area contributed by atoms with Crippen LogP contribution in [0.25, 0.3) is 5.69 Å². The van der Waals surface area contributed by atoms with Crippen LogP contribution in [0, 0.1) is 13.8 Å². The van der Waals surface area contributed by atoms with Crippen molar-refractivity contribution >= 4 is 5.91 Å². The van der Waals surface area contributed by atoms with Gasteiger partial charge in [0.1, 0.15) is 5.75 Å². The molecule has 0 unspecified atom stereocenters. The molecule has 0 spiro atoms. The molecule has 7 heteroatoms. The summed E-state index contributed by atoms with van der Waals surface area (Å²) in [5.74, 6) is -0.103. The third-order valence-corrected chi connectivity index (χ3v) is 4.69. The van der Waals surface area contributed by atoms with E-state index in [1.54, 1.807) is 31.4 Å². The Kier molecular flexibility index (Phi) is 5.65. The first kappa shape index (κ1) is 19.4. The van der Waals surface area contributed by atoms with Gasteiger partial charge in [0.2, 0.25) is 0 Å². The number of hydrogen-bond donors (Lipinski definition) is 3. The van der Waals surface area contributed by atoms with Crippen LogP contribution in [0.4, 0.5) is 0 Å². The number of hydrogen-bond acceptors (Lipinski definition) is 5. The smallest absolute Gasteiger partial charge is 0.275 e. The maximum Gasteiger partial charge on any atom is 0.275 e. The molecule has 0 fully saturated rings. The average Bonchev–Trinajstić information content (AvgIpc) is 3.09. The lowest BCUT2D eigenvalue weighted by Crippen LogP contribution is -2.28. The fourth-order valence-corrected chi connectivity index (χ4v) is 2.85. The Labute approximate surface area is 163 Å². The van der Waals surface area contributed by atoms with E-state index in [0.717, 1.165) is 16.8 Å². The number of nitrogens with one attached hydrogen (secondary N) is 1. The number of aromatic nitrogens is 2. The standard InChI is InChI=1S/C21H23N3O4/c1-13-5-4-6-17(14(13)2)24-12-19(26)20(23-24)21(27)22-11-18(25)15-7-9-16(28-3)10-8-15/h4-10,12,18,25-26H,11H2,1-3H3,(H,22,27)/t18-/m1/s1. The molecule has 2 aromatic carbocycles. The molecule has 1 heterocycles. The highest BCUT2D eigenvalue weighted by molar-refractivity contribution is 5.94. The summed E-state index contributed by atoms with van der Waals surface area (Å²) < 4.78 is 6.56. The highest BCUT2D eigenvalue weighted by Crippen LogP contribution is 2.22. The average molecular weight is 381 g/mol. The fourth-order valence-electron chi connectivity index (χ4n) is 2.85. The topological polar surface area (TPSA) is 96.6 Å². The summed E-state index contributed by atoms with van der Waals surface area (Å²) in [6.07, 6.45) is 0.509. The Hall–Kier alpha value is -3.32. The summed E-state index contributed by atoms with van der Waals surface area (Å²) in [6, 6.07) is 12.7. The maximum atomic E-state index is 12.4. The van der Waals surface area contributed by atoms with Crippen LogP contribution in [0.2, 0.25) is 0 Å². The minimum Gasteiger partial charge on any atom is -0.504 e. The van der Waals surface area contributed by atoms with Crippen LogP contribution >= 0.6 is 0 Å². The molecule has 0 aliphatic carbocycles. The highest BCUT2D eigenvalue weighted by atomic mass is 16.5. The van der Waals surface area contributed by atoms with Gasteiger partial charge in [-0.05, 0) is 48.7 Å². The van der Waals surface area contributed by atoms with Crippen molar-refractivity contribution in [2.24, 2.45) is 0 Å². The van der Waals surface area contributed by atoms with Crippen molar-refractivity contribution in [3.8, 4) is 17.2 Å². The van der Waals surface area contributed by atoms with Crippen LogP contribution in [0.5, 0.6) is 11.5 Å². The van der Waals surface area contributed by atoms with E-state index in [2.05, 4.69) is 10.4 Å². The number of carbonyl (C=O) groups excluding carboxylic acids is 1. The number of carbonyl (C=O) groups is 1. The van der Waals surface area contributed by atoms with Gasteiger partial charge in [-0.2, -0.15) is 5.10 Å². The van der Waals surface area contributed by atoms with E-state index in [1.165, 1.54) is 10.9 Å². The molecule has 3 aromatic rings. The van der Waals surface area contributed by atoms with Crippen molar-refractivity contribution in [2.45, 2.75) is 20.0 Å². The number of aryl methyl sites for hydroxylation is 1. The Balaban J connectivity index is 1.70.